The van der Waals surface area contributed by atoms with Crippen LogP contribution in [0, 0.1) is 0 Å². The van der Waals surface area contributed by atoms with Crippen LogP contribution in [-0.4, -0.2) is 30.2 Å². The highest BCUT2D eigenvalue weighted by Crippen LogP contribution is 2.41. The van der Waals surface area contributed by atoms with Crippen LogP contribution in [0.25, 0.3) is 10.9 Å². The highest BCUT2D eigenvalue weighted by Gasteiger charge is 2.30. The topological polar surface area (TPSA) is 38.2 Å². The van der Waals surface area contributed by atoms with Gasteiger partial charge in [-0.3, -0.25) is 0 Å². The number of hydrogen-bond acceptors (Lipinski definition) is 4. The van der Waals surface area contributed by atoms with Crippen LogP contribution >= 0.6 is 0 Å². The first-order valence-electron chi connectivity index (χ1n) is 12.4. The maximum atomic E-state index is 5.64. The van der Waals surface area contributed by atoms with E-state index in [-0.39, 0.29) is 0 Å². The lowest BCUT2D eigenvalue weighted by molar-refractivity contribution is 0.397. The standard InChI is InChI=1S/C28H35N3O/c1-3-4-5-8-20-11-14-25-24(19-20)28(30-27(29-25)22-12-13-22)31-17-15-21(16-18-31)23-9-6-7-10-26(23)32-2/h6-7,9-11,14,19,21-22H,3-5,8,12-13,15-18H2,1-2H3. The van der Waals surface area contributed by atoms with E-state index in [9.17, 15) is 0 Å². The number of ether oxygens (including phenoxy) is 1. The van der Waals surface area contributed by atoms with E-state index in [1.807, 2.05) is 0 Å². The Kier molecular flexibility index (Phi) is 6.29. The molecule has 4 heteroatoms. The zero-order chi connectivity index (χ0) is 21.9. The van der Waals surface area contributed by atoms with Crippen molar-refractivity contribution in [3.05, 3.63) is 59.4 Å². The van der Waals surface area contributed by atoms with Gasteiger partial charge in [0.15, 0.2) is 0 Å². The van der Waals surface area contributed by atoms with Gasteiger partial charge in [0.25, 0.3) is 0 Å². The normalized spacial score (nSPS) is 17.1. The predicted molar refractivity (Wildman–Crippen MR) is 132 cm³/mol. The summed E-state index contributed by atoms with van der Waals surface area (Å²) in [7, 11) is 1.78. The first kappa shape index (κ1) is 21.2. The van der Waals surface area contributed by atoms with Gasteiger partial charge >= 0.3 is 0 Å². The van der Waals surface area contributed by atoms with Crippen molar-refractivity contribution in [1.29, 1.82) is 0 Å². The number of piperidine rings is 1. The fraction of sp³-hybridized carbons (Fsp3) is 0.500. The molecule has 2 fully saturated rings. The summed E-state index contributed by atoms with van der Waals surface area (Å²) in [5, 5.41) is 1.24. The van der Waals surface area contributed by atoms with Gasteiger partial charge in [0.1, 0.15) is 17.4 Å². The molecular formula is C28H35N3O. The second kappa shape index (κ2) is 9.48. The van der Waals surface area contributed by atoms with Gasteiger partial charge in [-0.15, -0.1) is 0 Å². The van der Waals surface area contributed by atoms with Crippen molar-refractivity contribution in [2.75, 3.05) is 25.1 Å². The molecule has 0 unspecified atom stereocenters. The maximum Gasteiger partial charge on any atom is 0.140 e. The van der Waals surface area contributed by atoms with E-state index in [0.29, 0.717) is 11.8 Å². The Labute approximate surface area is 192 Å². The van der Waals surface area contributed by atoms with E-state index in [2.05, 4.69) is 54.3 Å². The average Bonchev–Trinajstić information content (AvgIpc) is 3.69. The monoisotopic (exact) mass is 429 g/mol. The van der Waals surface area contributed by atoms with E-state index >= 15 is 0 Å². The summed E-state index contributed by atoms with van der Waals surface area (Å²) < 4.78 is 5.64. The molecule has 4 nitrogen and oxygen atoms in total. The van der Waals surface area contributed by atoms with Crippen LogP contribution in [0.4, 0.5) is 5.82 Å². The number of methoxy groups -OCH3 is 1. The second-order valence-electron chi connectivity index (χ2n) is 9.49. The molecule has 3 aromatic rings. The van der Waals surface area contributed by atoms with Gasteiger partial charge in [0.2, 0.25) is 0 Å². The number of para-hydroxylation sites is 1. The van der Waals surface area contributed by atoms with Crippen molar-refractivity contribution in [2.24, 2.45) is 0 Å². The SMILES string of the molecule is CCCCCc1ccc2nc(C3CC3)nc(N3CCC(c4ccccc4OC)CC3)c2c1. The highest BCUT2D eigenvalue weighted by atomic mass is 16.5. The molecular weight excluding hydrogens is 394 g/mol. The van der Waals surface area contributed by atoms with Crippen molar-refractivity contribution in [2.45, 2.75) is 70.1 Å². The largest absolute Gasteiger partial charge is 0.496 e. The molecule has 2 aliphatic rings. The molecule has 2 heterocycles. The lowest BCUT2D eigenvalue weighted by Crippen LogP contribution is -2.34. The Morgan fingerprint density at radius 1 is 0.938 bits per heavy atom. The predicted octanol–water partition coefficient (Wildman–Crippen LogP) is 6.63. The smallest absolute Gasteiger partial charge is 0.140 e. The van der Waals surface area contributed by atoms with Crippen LogP contribution in [0.15, 0.2) is 42.5 Å². The molecule has 0 amide bonds. The zero-order valence-corrected chi connectivity index (χ0v) is 19.5. The third-order valence-electron chi connectivity index (χ3n) is 7.14. The van der Waals surface area contributed by atoms with Crippen molar-refractivity contribution >= 4 is 16.7 Å². The van der Waals surface area contributed by atoms with E-state index in [0.717, 1.165) is 55.3 Å². The summed E-state index contributed by atoms with van der Waals surface area (Å²) in [6.07, 6.45) is 9.66. The van der Waals surface area contributed by atoms with Crippen molar-refractivity contribution in [3.63, 3.8) is 0 Å². The summed E-state index contributed by atoms with van der Waals surface area (Å²) in [6.45, 7) is 4.32. The van der Waals surface area contributed by atoms with Crippen molar-refractivity contribution in [1.82, 2.24) is 9.97 Å². The number of anilines is 1. The lowest BCUT2D eigenvalue weighted by atomic mass is 9.88. The minimum atomic E-state index is 0.544. The maximum absolute atomic E-state index is 5.64. The lowest BCUT2D eigenvalue weighted by Gasteiger charge is -2.34. The van der Waals surface area contributed by atoms with Crippen molar-refractivity contribution in [3.8, 4) is 5.75 Å². The summed E-state index contributed by atoms with van der Waals surface area (Å²) in [5.74, 6) is 4.34. The molecule has 1 saturated heterocycles. The third-order valence-corrected chi connectivity index (χ3v) is 7.14. The van der Waals surface area contributed by atoms with Crippen LogP contribution < -0.4 is 9.64 Å². The molecule has 0 N–H and O–H groups in total. The molecule has 1 aliphatic carbocycles. The Morgan fingerprint density at radius 2 is 1.75 bits per heavy atom. The number of aryl methyl sites for hydroxylation is 1. The fourth-order valence-corrected chi connectivity index (χ4v) is 5.08. The van der Waals surface area contributed by atoms with E-state index in [1.165, 1.54) is 48.6 Å². The van der Waals surface area contributed by atoms with Gasteiger partial charge in [-0.05, 0) is 73.8 Å². The molecule has 5 rings (SSSR count). The number of benzene rings is 2. The van der Waals surface area contributed by atoms with Crippen LogP contribution in [0.1, 0.15) is 80.7 Å². The molecule has 0 bridgehead atoms. The van der Waals surface area contributed by atoms with E-state index in [1.54, 1.807) is 7.11 Å². The summed E-state index contributed by atoms with van der Waals surface area (Å²) in [5.41, 5.74) is 3.88. The summed E-state index contributed by atoms with van der Waals surface area (Å²) in [6, 6.07) is 15.4. The number of aromatic nitrogens is 2. The number of fused-ring (bicyclic) bond motifs is 1. The summed E-state index contributed by atoms with van der Waals surface area (Å²) >= 11 is 0. The molecule has 32 heavy (non-hydrogen) atoms. The zero-order valence-electron chi connectivity index (χ0n) is 19.5. The highest BCUT2D eigenvalue weighted by molar-refractivity contribution is 5.90. The third kappa shape index (κ3) is 4.46. The minimum absolute atomic E-state index is 0.544. The molecule has 1 aliphatic heterocycles. The molecule has 1 aromatic heterocycles. The average molecular weight is 430 g/mol. The molecule has 2 aromatic carbocycles. The quantitative estimate of drug-likeness (QED) is 0.377. The van der Waals surface area contributed by atoms with Gasteiger partial charge in [-0.1, -0.05) is 44.0 Å². The van der Waals surface area contributed by atoms with Crippen LogP contribution in [0.2, 0.25) is 0 Å². The first-order chi connectivity index (χ1) is 15.8. The van der Waals surface area contributed by atoms with E-state index < -0.39 is 0 Å². The molecule has 1 saturated carbocycles. The molecule has 168 valence electrons. The van der Waals surface area contributed by atoms with Crippen LogP contribution in [-0.2, 0) is 6.42 Å². The molecule has 0 atom stereocenters. The molecule has 0 spiro atoms. The fourth-order valence-electron chi connectivity index (χ4n) is 5.08. The van der Waals surface area contributed by atoms with Crippen LogP contribution in [0.3, 0.4) is 0 Å². The van der Waals surface area contributed by atoms with Crippen molar-refractivity contribution < 1.29 is 4.74 Å². The Bertz CT molecular complexity index is 1070. The second-order valence-corrected chi connectivity index (χ2v) is 9.49. The summed E-state index contributed by atoms with van der Waals surface area (Å²) in [4.78, 5) is 12.6. The number of unbranched alkanes of at least 4 members (excludes halogenated alkanes) is 2. The minimum Gasteiger partial charge on any atom is -0.496 e. The van der Waals surface area contributed by atoms with Gasteiger partial charge in [0, 0.05) is 24.4 Å². The van der Waals surface area contributed by atoms with Crippen LogP contribution in [0.5, 0.6) is 5.75 Å². The molecule has 0 radical (unpaired) electrons. The van der Waals surface area contributed by atoms with Gasteiger partial charge < -0.3 is 9.64 Å². The Hall–Kier alpha value is -2.62. The van der Waals surface area contributed by atoms with Gasteiger partial charge in [-0.2, -0.15) is 0 Å². The number of nitrogens with zero attached hydrogens (tertiary/aromatic N) is 3. The Morgan fingerprint density at radius 3 is 2.50 bits per heavy atom. The Balaban J connectivity index is 1.41. The van der Waals surface area contributed by atoms with Gasteiger partial charge in [0.05, 0.1) is 12.6 Å². The number of rotatable bonds is 8. The number of hydrogen-bond donors (Lipinski definition) is 0. The van der Waals surface area contributed by atoms with Gasteiger partial charge in [-0.25, -0.2) is 9.97 Å². The van der Waals surface area contributed by atoms with E-state index in [4.69, 9.17) is 14.7 Å². The first-order valence-corrected chi connectivity index (χ1v) is 12.4.